The van der Waals surface area contributed by atoms with E-state index in [1.54, 1.807) is 30.3 Å². The maximum absolute atomic E-state index is 12.3. The van der Waals surface area contributed by atoms with Crippen molar-refractivity contribution in [3.63, 3.8) is 0 Å². The summed E-state index contributed by atoms with van der Waals surface area (Å²) in [7, 11) is 0. The Balaban J connectivity index is 2.11. The molecule has 2 aromatic carbocycles. The van der Waals surface area contributed by atoms with E-state index in [0.717, 1.165) is 5.56 Å². The first-order chi connectivity index (χ1) is 11.2. The van der Waals surface area contributed by atoms with Gasteiger partial charge in [0, 0.05) is 18.5 Å². The summed E-state index contributed by atoms with van der Waals surface area (Å²) in [4.78, 5) is 24.6. The van der Waals surface area contributed by atoms with Crippen LogP contribution in [-0.2, 0) is 11.2 Å². The molecule has 23 heavy (non-hydrogen) atoms. The Morgan fingerprint density at radius 2 is 1.61 bits per heavy atom. The van der Waals surface area contributed by atoms with Gasteiger partial charge in [0.1, 0.15) is 6.04 Å². The van der Waals surface area contributed by atoms with Gasteiger partial charge in [0.05, 0.1) is 0 Å². The summed E-state index contributed by atoms with van der Waals surface area (Å²) in [5.74, 6) is -0.488. The van der Waals surface area contributed by atoms with E-state index in [9.17, 15) is 9.59 Å². The van der Waals surface area contributed by atoms with Crippen molar-refractivity contribution in [3.05, 3.63) is 84.4 Å². The topological polar surface area (TPSA) is 58.2 Å². The average Bonchev–Trinajstić information content (AvgIpc) is 2.60. The number of benzene rings is 2. The smallest absolute Gasteiger partial charge is 0.251 e. The van der Waals surface area contributed by atoms with E-state index < -0.39 is 6.04 Å². The molecule has 1 atom stereocenters. The summed E-state index contributed by atoms with van der Waals surface area (Å²) in [6.07, 6.45) is 2.04. The molecule has 0 spiro atoms. The van der Waals surface area contributed by atoms with Crippen LogP contribution in [0, 0.1) is 0 Å². The zero-order valence-corrected chi connectivity index (χ0v) is 12.9. The van der Waals surface area contributed by atoms with Gasteiger partial charge >= 0.3 is 0 Å². The number of hydrogen-bond acceptors (Lipinski definition) is 2. The lowest BCUT2D eigenvalue weighted by atomic mass is 10.0. The van der Waals surface area contributed by atoms with Gasteiger partial charge in [-0.1, -0.05) is 54.6 Å². The van der Waals surface area contributed by atoms with E-state index in [1.165, 1.54) is 0 Å². The number of amides is 2. The van der Waals surface area contributed by atoms with Crippen LogP contribution in [0.2, 0.25) is 0 Å². The number of nitrogens with one attached hydrogen (secondary N) is 2. The van der Waals surface area contributed by atoms with E-state index in [0.29, 0.717) is 18.5 Å². The fourth-order valence-corrected chi connectivity index (χ4v) is 2.19. The molecular weight excluding hydrogens is 288 g/mol. The molecule has 2 rings (SSSR count). The summed E-state index contributed by atoms with van der Waals surface area (Å²) in [5, 5.41) is 5.54. The second kappa shape index (κ2) is 8.54. The molecule has 0 aliphatic heterocycles. The highest BCUT2D eigenvalue weighted by Gasteiger charge is 2.21. The molecule has 2 aromatic rings. The van der Waals surface area contributed by atoms with Crippen LogP contribution < -0.4 is 10.6 Å². The van der Waals surface area contributed by atoms with Crippen molar-refractivity contribution >= 4 is 11.8 Å². The van der Waals surface area contributed by atoms with E-state index >= 15 is 0 Å². The third-order valence-corrected chi connectivity index (χ3v) is 3.36. The molecule has 0 aliphatic rings. The van der Waals surface area contributed by atoms with E-state index in [1.807, 2.05) is 36.4 Å². The molecule has 2 amide bonds. The third-order valence-electron chi connectivity index (χ3n) is 3.36. The summed E-state index contributed by atoms with van der Waals surface area (Å²) >= 11 is 0. The minimum atomic E-state index is -0.634. The molecule has 0 unspecified atom stereocenters. The number of carbonyl (C=O) groups is 2. The summed E-state index contributed by atoms with van der Waals surface area (Å²) in [6, 6.07) is 17.8. The Morgan fingerprint density at radius 1 is 1.00 bits per heavy atom. The van der Waals surface area contributed by atoms with Gasteiger partial charge in [-0.05, 0) is 17.7 Å². The summed E-state index contributed by atoms with van der Waals surface area (Å²) < 4.78 is 0. The van der Waals surface area contributed by atoms with Gasteiger partial charge in [-0.2, -0.15) is 0 Å². The van der Waals surface area contributed by atoms with Crippen molar-refractivity contribution < 1.29 is 9.59 Å². The normalized spacial score (nSPS) is 11.3. The Kier molecular flexibility index (Phi) is 6.12. The molecular formula is C19H20N2O2. The molecule has 0 saturated heterocycles. The molecule has 0 radical (unpaired) electrons. The van der Waals surface area contributed by atoms with Crippen molar-refractivity contribution in [1.29, 1.82) is 0 Å². The number of carbonyl (C=O) groups excluding carboxylic acids is 2. The Hall–Kier alpha value is -2.88. The molecule has 0 heterocycles. The van der Waals surface area contributed by atoms with Crippen molar-refractivity contribution in [2.24, 2.45) is 0 Å². The standard InChI is InChI=1S/C19H20N2O2/c1-2-13-20-19(23)17(14-15-9-5-3-6-10-15)21-18(22)16-11-7-4-8-12-16/h2-12,17H,1,13-14H2,(H,20,23)(H,21,22)/t17-/m1/s1. The van der Waals surface area contributed by atoms with Gasteiger partial charge < -0.3 is 10.6 Å². The zero-order chi connectivity index (χ0) is 16.5. The van der Waals surface area contributed by atoms with Crippen molar-refractivity contribution in [2.45, 2.75) is 12.5 Å². The molecule has 0 aliphatic carbocycles. The Bertz CT molecular complexity index is 654. The minimum Gasteiger partial charge on any atom is -0.351 e. The van der Waals surface area contributed by atoms with Crippen molar-refractivity contribution in [3.8, 4) is 0 Å². The van der Waals surface area contributed by atoms with Gasteiger partial charge in [0.15, 0.2) is 0 Å². The predicted molar refractivity (Wildman–Crippen MR) is 91.0 cm³/mol. The van der Waals surface area contributed by atoms with Crippen molar-refractivity contribution in [1.82, 2.24) is 10.6 Å². The second-order valence-electron chi connectivity index (χ2n) is 5.12. The zero-order valence-electron chi connectivity index (χ0n) is 12.9. The maximum Gasteiger partial charge on any atom is 0.251 e. The van der Waals surface area contributed by atoms with Crippen LogP contribution >= 0.6 is 0 Å². The van der Waals surface area contributed by atoms with E-state index in [4.69, 9.17) is 0 Å². The van der Waals surface area contributed by atoms with Gasteiger partial charge in [-0.3, -0.25) is 9.59 Å². The van der Waals surface area contributed by atoms with E-state index in [2.05, 4.69) is 17.2 Å². The van der Waals surface area contributed by atoms with Crippen LogP contribution in [0.15, 0.2) is 73.3 Å². The molecule has 2 N–H and O–H groups in total. The third kappa shape index (κ3) is 5.11. The quantitative estimate of drug-likeness (QED) is 0.771. The maximum atomic E-state index is 12.3. The lowest BCUT2D eigenvalue weighted by molar-refractivity contribution is -0.122. The summed E-state index contributed by atoms with van der Waals surface area (Å²) in [6.45, 7) is 3.95. The predicted octanol–water partition coefficient (Wildman–Crippen LogP) is 2.33. The van der Waals surface area contributed by atoms with Crippen LogP contribution in [0.4, 0.5) is 0 Å². The van der Waals surface area contributed by atoms with Gasteiger partial charge in [0.2, 0.25) is 5.91 Å². The molecule has 0 bridgehead atoms. The fraction of sp³-hybridized carbons (Fsp3) is 0.158. The molecule has 118 valence electrons. The highest BCUT2D eigenvalue weighted by Crippen LogP contribution is 2.05. The highest BCUT2D eigenvalue weighted by atomic mass is 16.2. The lowest BCUT2D eigenvalue weighted by Gasteiger charge is -2.18. The Morgan fingerprint density at radius 3 is 2.22 bits per heavy atom. The largest absolute Gasteiger partial charge is 0.351 e. The van der Waals surface area contributed by atoms with Crippen molar-refractivity contribution in [2.75, 3.05) is 6.54 Å². The van der Waals surface area contributed by atoms with Crippen LogP contribution in [0.25, 0.3) is 0 Å². The molecule has 0 saturated carbocycles. The fourth-order valence-electron chi connectivity index (χ4n) is 2.19. The number of hydrogen-bond donors (Lipinski definition) is 2. The second-order valence-corrected chi connectivity index (χ2v) is 5.12. The summed E-state index contributed by atoms with van der Waals surface area (Å²) in [5.41, 5.74) is 1.52. The first kappa shape index (κ1) is 16.5. The van der Waals surface area contributed by atoms with Gasteiger partial charge in [-0.25, -0.2) is 0 Å². The average molecular weight is 308 g/mol. The number of rotatable bonds is 7. The van der Waals surface area contributed by atoms with Crippen LogP contribution in [0.1, 0.15) is 15.9 Å². The first-order valence-corrected chi connectivity index (χ1v) is 7.49. The van der Waals surface area contributed by atoms with Crippen LogP contribution in [-0.4, -0.2) is 24.4 Å². The molecule has 0 aromatic heterocycles. The Labute approximate surface area is 136 Å². The highest BCUT2D eigenvalue weighted by molar-refractivity contribution is 5.97. The minimum absolute atomic E-state index is 0.224. The van der Waals surface area contributed by atoms with Gasteiger partial charge in [-0.15, -0.1) is 6.58 Å². The van der Waals surface area contributed by atoms with Gasteiger partial charge in [0.25, 0.3) is 5.91 Å². The SMILES string of the molecule is C=CCNC(=O)[C@@H](Cc1ccccc1)NC(=O)c1ccccc1. The molecule has 0 fully saturated rings. The van der Waals surface area contributed by atoms with E-state index in [-0.39, 0.29) is 11.8 Å². The van der Waals surface area contributed by atoms with Crippen LogP contribution in [0.5, 0.6) is 0 Å². The first-order valence-electron chi connectivity index (χ1n) is 7.49. The lowest BCUT2D eigenvalue weighted by Crippen LogP contribution is -2.48. The molecule has 4 nitrogen and oxygen atoms in total. The van der Waals surface area contributed by atoms with Crippen LogP contribution in [0.3, 0.4) is 0 Å². The monoisotopic (exact) mass is 308 g/mol. The molecule has 4 heteroatoms.